The number of furan rings is 1. The standard InChI is InChI=1S/C14H21NO3/c1-11(13-3-2-6-17-13)15-12-4-7-18-14(9-12)5-8-16-10-14/h2-3,6,11-12,15H,4-5,7-10H2,1H3/t11-,12?,14?/m1/s1. The van der Waals surface area contributed by atoms with Crippen LogP contribution in [0.4, 0.5) is 0 Å². The van der Waals surface area contributed by atoms with Gasteiger partial charge < -0.3 is 19.2 Å². The first-order valence-corrected chi connectivity index (χ1v) is 6.79. The van der Waals surface area contributed by atoms with Crippen molar-refractivity contribution in [3.8, 4) is 0 Å². The number of rotatable bonds is 3. The van der Waals surface area contributed by atoms with Gasteiger partial charge in [-0.1, -0.05) is 0 Å². The smallest absolute Gasteiger partial charge is 0.120 e. The summed E-state index contributed by atoms with van der Waals surface area (Å²) < 4.78 is 16.9. The molecular formula is C14H21NO3. The highest BCUT2D eigenvalue weighted by atomic mass is 16.6. The van der Waals surface area contributed by atoms with Crippen LogP contribution in [-0.2, 0) is 9.47 Å². The van der Waals surface area contributed by atoms with Crippen LogP contribution in [0.1, 0.15) is 38.0 Å². The zero-order valence-electron chi connectivity index (χ0n) is 10.9. The topological polar surface area (TPSA) is 43.6 Å². The van der Waals surface area contributed by atoms with Crippen LogP contribution < -0.4 is 5.32 Å². The summed E-state index contributed by atoms with van der Waals surface area (Å²) in [5.74, 6) is 0.998. The lowest BCUT2D eigenvalue weighted by Gasteiger charge is -2.38. The Morgan fingerprint density at radius 3 is 3.11 bits per heavy atom. The van der Waals surface area contributed by atoms with E-state index < -0.39 is 0 Å². The zero-order valence-corrected chi connectivity index (χ0v) is 10.9. The van der Waals surface area contributed by atoms with Crippen molar-refractivity contribution < 1.29 is 13.9 Å². The van der Waals surface area contributed by atoms with E-state index in [9.17, 15) is 0 Å². The van der Waals surface area contributed by atoms with E-state index in [0.29, 0.717) is 6.04 Å². The second-order valence-electron chi connectivity index (χ2n) is 5.43. The fraction of sp³-hybridized carbons (Fsp3) is 0.714. The molecule has 1 aromatic heterocycles. The number of hydrogen-bond acceptors (Lipinski definition) is 4. The van der Waals surface area contributed by atoms with Gasteiger partial charge in [-0.05, 0) is 31.9 Å². The van der Waals surface area contributed by atoms with Crippen LogP contribution in [0.5, 0.6) is 0 Å². The Hall–Kier alpha value is -0.840. The van der Waals surface area contributed by atoms with E-state index in [1.54, 1.807) is 6.26 Å². The maximum atomic E-state index is 5.94. The van der Waals surface area contributed by atoms with Crippen molar-refractivity contribution in [2.24, 2.45) is 0 Å². The second-order valence-corrected chi connectivity index (χ2v) is 5.43. The predicted octanol–water partition coefficient (Wildman–Crippen LogP) is 2.27. The van der Waals surface area contributed by atoms with Crippen molar-refractivity contribution in [3.63, 3.8) is 0 Å². The summed E-state index contributed by atoms with van der Waals surface area (Å²) in [7, 11) is 0. The van der Waals surface area contributed by atoms with Crippen LogP contribution in [0.25, 0.3) is 0 Å². The van der Waals surface area contributed by atoms with E-state index in [-0.39, 0.29) is 11.6 Å². The summed E-state index contributed by atoms with van der Waals surface area (Å²) in [6, 6.07) is 4.69. The van der Waals surface area contributed by atoms with Gasteiger partial charge in [0.1, 0.15) is 5.76 Å². The summed E-state index contributed by atoms with van der Waals surface area (Å²) in [6.45, 7) is 4.55. The van der Waals surface area contributed by atoms with Gasteiger partial charge in [-0.25, -0.2) is 0 Å². The zero-order chi connectivity index (χ0) is 12.4. The fourth-order valence-electron chi connectivity index (χ4n) is 3.01. The van der Waals surface area contributed by atoms with Gasteiger partial charge in [-0.2, -0.15) is 0 Å². The Labute approximate surface area is 108 Å². The second kappa shape index (κ2) is 5.03. The van der Waals surface area contributed by atoms with Gasteiger partial charge in [-0.3, -0.25) is 0 Å². The third-order valence-electron chi connectivity index (χ3n) is 4.02. The molecule has 3 rings (SSSR count). The van der Waals surface area contributed by atoms with Crippen molar-refractivity contribution >= 4 is 0 Å². The summed E-state index contributed by atoms with van der Waals surface area (Å²) in [4.78, 5) is 0. The van der Waals surface area contributed by atoms with Crippen LogP contribution in [0.3, 0.4) is 0 Å². The van der Waals surface area contributed by atoms with Crippen LogP contribution in [0.15, 0.2) is 22.8 Å². The van der Waals surface area contributed by atoms with E-state index in [1.807, 2.05) is 12.1 Å². The molecule has 18 heavy (non-hydrogen) atoms. The molecule has 2 aliphatic rings. The third-order valence-corrected chi connectivity index (χ3v) is 4.02. The van der Waals surface area contributed by atoms with Crippen molar-refractivity contribution in [2.45, 2.75) is 43.9 Å². The molecule has 0 aliphatic carbocycles. The number of ether oxygens (including phenoxy) is 2. The molecule has 2 aliphatic heterocycles. The predicted molar refractivity (Wildman–Crippen MR) is 67.4 cm³/mol. The minimum absolute atomic E-state index is 0.0290. The molecule has 1 N–H and O–H groups in total. The molecule has 3 atom stereocenters. The molecule has 100 valence electrons. The Bertz CT molecular complexity index is 370. The van der Waals surface area contributed by atoms with Gasteiger partial charge in [0.15, 0.2) is 0 Å². The Kier molecular flexibility index (Phi) is 3.41. The van der Waals surface area contributed by atoms with Gasteiger partial charge in [0.25, 0.3) is 0 Å². The highest BCUT2D eigenvalue weighted by molar-refractivity contribution is 5.04. The molecule has 1 spiro atoms. The number of nitrogens with one attached hydrogen (secondary N) is 1. The first kappa shape index (κ1) is 12.2. The molecule has 0 radical (unpaired) electrons. The summed E-state index contributed by atoms with van der Waals surface area (Å²) in [5, 5.41) is 3.64. The highest BCUT2D eigenvalue weighted by Gasteiger charge is 2.41. The maximum Gasteiger partial charge on any atom is 0.120 e. The lowest BCUT2D eigenvalue weighted by Crippen LogP contribution is -2.48. The van der Waals surface area contributed by atoms with Gasteiger partial charge in [-0.15, -0.1) is 0 Å². The van der Waals surface area contributed by atoms with Gasteiger partial charge >= 0.3 is 0 Å². The van der Waals surface area contributed by atoms with Gasteiger partial charge in [0.05, 0.1) is 24.5 Å². The lowest BCUT2D eigenvalue weighted by molar-refractivity contribution is -0.0904. The Morgan fingerprint density at radius 1 is 1.44 bits per heavy atom. The fourth-order valence-corrected chi connectivity index (χ4v) is 3.01. The van der Waals surface area contributed by atoms with E-state index in [4.69, 9.17) is 13.9 Å². The molecule has 3 heterocycles. The lowest BCUT2D eigenvalue weighted by atomic mass is 9.89. The van der Waals surface area contributed by atoms with Crippen LogP contribution in [0, 0.1) is 0 Å². The molecule has 0 amide bonds. The molecule has 0 aromatic carbocycles. The molecule has 4 nitrogen and oxygen atoms in total. The average Bonchev–Trinajstić information content (AvgIpc) is 3.01. The molecule has 0 bridgehead atoms. The van der Waals surface area contributed by atoms with Crippen molar-refractivity contribution in [1.29, 1.82) is 0 Å². The average molecular weight is 251 g/mol. The molecule has 0 saturated carbocycles. The van der Waals surface area contributed by atoms with Crippen molar-refractivity contribution in [3.05, 3.63) is 24.2 Å². The first-order valence-electron chi connectivity index (χ1n) is 6.79. The van der Waals surface area contributed by atoms with E-state index in [2.05, 4.69) is 12.2 Å². The SMILES string of the molecule is C[C@@H](NC1CCOC2(CCOC2)C1)c1ccco1. The highest BCUT2D eigenvalue weighted by Crippen LogP contribution is 2.33. The molecule has 2 saturated heterocycles. The quantitative estimate of drug-likeness (QED) is 0.895. The monoisotopic (exact) mass is 251 g/mol. The minimum atomic E-state index is -0.0290. The minimum Gasteiger partial charge on any atom is -0.468 e. The van der Waals surface area contributed by atoms with E-state index >= 15 is 0 Å². The third kappa shape index (κ3) is 2.46. The normalized spacial score (nSPS) is 33.9. The summed E-state index contributed by atoms with van der Waals surface area (Å²) >= 11 is 0. The molecule has 1 aromatic rings. The van der Waals surface area contributed by atoms with Crippen LogP contribution in [0.2, 0.25) is 0 Å². The Balaban J connectivity index is 1.59. The van der Waals surface area contributed by atoms with Crippen molar-refractivity contribution in [2.75, 3.05) is 19.8 Å². The van der Waals surface area contributed by atoms with E-state index in [0.717, 1.165) is 44.8 Å². The Morgan fingerprint density at radius 2 is 2.39 bits per heavy atom. The van der Waals surface area contributed by atoms with Gasteiger partial charge in [0.2, 0.25) is 0 Å². The molecule has 2 fully saturated rings. The van der Waals surface area contributed by atoms with Crippen LogP contribution >= 0.6 is 0 Å². The number of hydrogen-bond donors (Lipinski definition) is 1. The molecule has 2 unspecified atom stereocenters. The van der Waals surface area contributed by atoms with Crippen LogP contribution in [-0.4, -0.2) is 31.5 Å². The largest absolute Gasteiger partial charge is 0.468 e. The van der Waals surface area contributed by atoms with Gasteiger partial charge in [0, 0.05) is 25.7 Å². The molecular weight excluding hydrogens is 230 g/mol. The van der Waals surface area contributed by atoms with Crippen molar-refractivity contribution in [1.82, 2.24) is 5.32 Å². The summed E-state index contributed by atoms with van der Waals surface area (Å²) in [6.07, 6.45) is 4.86. The molecule has 4 heteroatoms. The maximum absolute atomic E-state index is 5.94. The first-order chi connectivity index (χ1) is 8.77. The summed E-state index contributed by atoms with van der Waals surface area (Å²) in [5.41, 5.74) is -0.0290. The van der Waals surface area contributed by atoms with E-state index in [1.165, 1.54) is 0 Å².